The number of amides is 1. The van der Waals surface area contributed by atoms with Gasteiger partial charge in [-0.05, 0) is 42.0 Å². The fourth-order valence-corrected chi connectivity index (χ4v) is 6.43. The molecule has 2 aromatic rings. The topological polar surface area (TPSA) is 63.7 Å². The lowest BCUT2D eigenvalue weighted by atomic mass is 10.0. The number of benzene rings is 2. The lowest BCUT2D eigenvalue weighted by Crippen LogP contribution is -2.40. The van der Waals surface area contributed by atoms with Crippen LogP contribution < -0.4 is 4.74 Å². The first-order valence-corrected chi connectivity index (χ1v) is 14.4. The summed E-state index contributed by atoms with van der Waals surface area (Å²) >= 11 is 12.9. The largest absolute Gasteiger partial charge is 0.490 e. The number of rotatable bonds is 10. The molecule has 0 bridgehead atoms. The highest BCUT2D eigenvalue weighted by molar-refractivity contribution is 7.91. The number of carbonyl (C=O) groups excluding carboxylic acids is 1. The van der Waals surface area contributed by atoms with Crippen molar-refractivity contribution in [3.05, 3.63) is 63.1 Å². The number of sulfone groups is 1. The zero-order valence-electron chi connectivity index (χ0n) is 20.0. The fraction of sp³-hybridized carbons (Fsp3) is 0.500. The molecule has 1 saturated heterocycles. The Labute approximate surface area is 213 Å². The second-order valence-corrected chi connectivity index (χ2v) is 12.3. The molecule has 1 aliphatic heterocycles. The lowest BCUT2D eigenvalue weighted by Gasteiger charge is -2.29. The third kappa shape index (κ3) is 6.89. The van der Waals surface area contributed by atoms with Gasteiger partial charge in [0.05, 0.1) is 28.2 Å². The second-order valence-electron chi connectivity index (χ2n) is 9.21. The van der Waals surface area contributed by atoms with E-state index in [1.54, 1.807) is 17.0 Å². The quantitative estimate of drug-likeness (QED) is 0.331. The van der Waals surface area contributed by atoms with Crippen molar-refractivity contribution < 1.29 is 17.9 Å². The molecule has 1 heterocycles. The average Bonchev–Trinajstić information content (AvgIpc) is 3.15. The first kappa shape index (κ1) is 26.8. The molecule has 5 nitrogen and oxygen atoms in total. The molecule has 0 saturated carbocycles. The minimum atomic E-state index is -3.17. The van der Waals surface area contributed by atoms with Crippen LogP contribution in [0.5, 0.6) is 5.75 Å². The van der Waals surface area contributed by atoms with Gasteiger partial charge in [-0.1, -0.05) is 81.1 Å². The molecular weight excluding hydrogens is 493 g/mol. The third-order valence-electron chi connectivity index (χ3n) is 6.15. The van der Waals surface area contributed by atoms with E-state index in [2.05, 4.69) is 20.8 Å². The van der Waals surface area contributed by atoms with Gasteiger partial charge in [-0.3, -0.25) is 4.79 Å². The van der Waals surface area contributed by atoms with Crippen molar-refractivity contribution in [2.45, 2.75) is 65.0 Å². The van der Waals surface area contributed by atoms with E-state index in [0.717, 1.165) is 24.8 Å². The van der Waals surface area contributed by atoms with Crippen molar-refractivity contribution in [2.24, 2.45) is 0 Å². The summed E-state index contributed by atoms with van der Waals surface area (Å²) in [6.07, 6.45) is 3.43. The maximum Gasteiger partial charge on any atom is 0.254 e. The van der Waals surface area contributed by atoms with E-state index in [1.807, 2.05) is 24.3 Å². The molecule has 186 valence electrons. The van der Waals surface area contributed by atoms with Gasteiger partial charge in [0.2, 0.25) is 0 Å². The number of carbonyl (C=O) groups is 1. The van der Waals surface area contributed by atoms with Gasteiger partial charge in [-0.25, -0.2) is 8.42 Å². The summed E-state index contributed by atoms with van der Waals surface area (Å²) in [5.74, 6) is 0.522. The monoisotopic (exact) mass is 525 g/mol. The van der Waals surface area contributed by atoms with Gasteiger partial charge in [-0.15, -0.1) is 0 Å². The molecule has 34 heavy (non-hydrogen) atoms. The van der Waals surface area contributed by atoms with Gasteiger partial charge in [0.1, 0.15) is 0 Å². The first-order chi connectivity index (χ1) is 16.1. The van der Waals surface area contributed by atoms with E-state index < -0.39 is 15.9 Å². The van der Waals surface area contributed by atoms with Crippen molar-refractivity contribution >= 4 is 38.9 Å². The Morgan fingerprint density at radius 2 is 1.76 bits per heavy atom. The van der Waals surface area contributed by atoms with Crippen molar-refractivity contribution in [3.8, 4) is 5.75 Å². The molecule has 0 radical (unpaired) electrons. The molecule has 3 rings (SSSR count). The standard InChI is InChI=1S/C26H33Cl2NO4S/c1-4-5-6-12-33-25-23(27)14-21(15-24(25)28)26(30)29(22-11-13-34(31,32)17-22)16-19-7-9-20(10-8-19)18(2)3/h7-10,14-15,18,22H,4-6,11-13,16-17H2,1-3H3. The molecule has 1 fully saturated rings. The predicted molar refractivity (Wildman–Crippen MR) is 139 cm³/mol. The van der Waals surface area contributed by atoms with Crippen molar-refractivity contribution in [2.75, 3.05) is 18.1 Å². The normalized spacial score (nSPS) is 17.2. The van der Waals surface area contributed by atoms with Crippen LogP contribution in [0.1, 0.15) is 73.9 Å². The first-order valence-electron chi connectivity index (χ1n) is 11.8. The molecule has 0 N–H and O–H groups in total. The van der Waals surface area contributed by atoms with Crippen molar-refractivity contribution in [1.29, 1.82) is 0 Å². The van der Waals surface area contributed by atoms with Crippen LogP contribution in [0.3, 0.4) is 0 Å². The van der Waals surface area contributed by atoms with Crippen LogP contribution >= 0.6 is 23.2 Å². The molecule has 1 atom stereocenters. The predicted octanol–water partition coefficient (Wildman–Crippen LogP) is 6.52. The zero-order valence-corrected chi connectivity index (χ0v) is 22.3. The van der Waals surface area contributed by atoms with Gasteiger partial charge in [-0.2, -0.15) is 0 Å². The van der Waals surface area contributed by atoms with Crippen LogP contribution in [0.2, 0.25) is 10.0 Å². The number of nitrogens with zero attached hydrogens (tertiary/aromatic N) is 1. The Morgan fingerprint density at radius 1 is 1.12 bits per heavy atom. The summed E-state index contributed by atoms with van der Waals surface area (Å²) in [6, 6.07) is 10.8. The maximum absolute atomic E-state index is 13.6. The highest BCUT2D eigenvalue weighted by Gasteiger charge is 2.35. The summed E-state index contributed by atoms with van der Waals surface area (Å²) in [7, 11) is -3.17. The maximum atomic E-state index is 13.6. The van der Waals surface area contributed by atoms with Crippen LogP contribution in [0.15, 0.2) is 36.4 Å². The second kappa shape index (κ2) is 11.8. The summed E-state index contributed by atoms with van der Waals surface area (Å²) in [5.41, 5.74) is 2.47. The van der Waals surface area contributed by atoms with Crippen molar-refractivity contribution in [1.82, 2.24) is 4.90 Å². The number of ether oxygens (including phenoxy) is 1. The van der Waals surface area contributed by atoms with Crippen molar-refractivity contribution in [3.63, 3.8) is 0 Å². The van der Waals surface area contributed by atoms with Crippen LogP contribution in [0, 0.1) is 0 Å². The Balaban J connectivity index is 1.86. The average molecular weight is 527 g/mol. The smallest absolute Gasteiger partial charge is 0.254 e. The van der Waals surface area contributed by atoms with Gasteiger partial charge in [0.25, 0.3) is 5.91 Å². The van der Waals surface area contributed by atoms with E-state index in [9.17, 15) is 13.2 Å². The van der Waals surface area contributed by atoms with Gasteiger partial charge >= 0.3 is 0 Å². The molecule has 1 aliphatic rings. The molecule has 0 aromatic heterocycles. The van der Waals surface area contributed by atoms with E-state index in [-0.39, 0.29) is 27.5 Å². The van der Waals surface area contributed by atoms with Crippen LogP contribution in [-0.2, 0) is 16.4 Å². The van der Waals surface area contributed by atoms with Gasteiger partial charge < -0.3 is 9.64 Å². The van der Waals surface area contributed by atoms with Gasteiger partial charge in [0, 0.05) is 18.2 Å². The Kier molecular flexibility index (Phi) is 9.30. The minimum Gasteiger partial charge on any atom is -0.490 e. The zero-order chi connectivity index (χ0) is 24.9. The number of hydrogen-bond donors (Lipinski definition) is 0. The van der Waals surface area contributed by atoms with E-state index >= 15 is 0 Å². The number of unbranched alkanes of at least 4 members (excludes halogenated alkanes) is 2. The molecule has 0 spiro atoms. The molecule has 0 aliphatic carbocycles. The SMILES string of the molecule is CCCCCOc1c(Cl)cc(C(=O)N(Cc2ccc(C(C)C)cc2)C2CCS(=O)(=O)C2)cc1Cl. The molecule has 8 heteroatoms. The van der Waals surface area contributed by atoms with Crippen LogP contribution in [-0.4, -0.2) is 43.4 Å². The number of hydrogen-bond acceptors (Lipinski definition) is 4. The summed E-state index contributed by atoms with van der Waals surface area (Å²) in [5, 5.41) is 0.542. The minimum absolute atomic E-state index is 0.0388. The number of halogens is 2. The molecule has 1 unspecified atom stereocenters. The highest BCUT2D eigenvalue weighted by Crippen LogP contribution is 2.35. The van der Waals surface area contributed by atoms with Crippen LogP contribution in [0.25, 0.3) is 0 Å². The lowest BCUT2D eigenvalue weighted by molar-refractivity contribution is 0.0681. The van der Waals surface area contributed by atoms with E-state index in [4.69, 9.17) is 27.9 Å². The summed E-state index contributed by atoms with van der Waals surface area (Å²) in [6.45, 7) is 7.17. The Hall–Kier alpha value is -1.76. The van der Waals surface area contributed by atoms with Gasteiger partial charge in [0.15, 0.2) is 15.6 Å². The molecule has 1 amide bonds. The van der Waals surface area contributed by atoms with Crippen LogP contribution in [0.4, 0.5) is 0 Å². The highest BCUT2D eigenvalue weighted by atomic mass is 35.5. The van der Waals surface area contributed by atoms with E-state index in [0.29, 0.717) is 36.8 Å². The Bertz CT molecular complexity index is 1080. The Morgan fingerprint density at radius 3 is 2.29 bits per heavy atom. The molecular formula is C26H33Cl2NO4S. The van der Waals surface area contributed by atoms with E-state index in [1.165, 1.54) is 5.56 Å². The summed E-state index contributed by atoms with van der Waals surface area (Å²) < 4.78 is 30.1. The third-order valence-corrected chi connectivity index (χ3v) is 8.46. The molecule has 2 aromatic carbocycles. The summed E-state index contributed by atoms with van der Waals surface area (Å²) in [4.78, 5) is 15.2. The fourth-order valence-electron chi connectivity index (χ4n) is 4.11.